The van der Waals surface area contributed by atoms with Crippen LogP contribution in [0.25, 0.3) is 0 Å². The number of hydrogen-bond donors (Lipinski definition) is 1. The second kappa shape index (κ2) is 7.64. The summed E-state index contributed by atoms with van der Waals surface area (Å²) in [6, 6.07) is 8.28. The van der Waals surface area contributed by atoms with E-state index in [9.17, 15) is 9.18 Å². The van der Waals surface area contributed by atoms with E-state index < -0.39 is 0 Å². The van der Waals surface area contributed by atoms with Gasteiger partial charge in [-0.2, -0.15) is 0 Å². The van der Waals surface area contributed by atoms with Crippen molar-refractivity contribution in [2.24, 2.45) is 0 Å². The summed E-state index contributed by atoms with van der Waals surface area (Å²) in [6.45, 7) is 2.27. The van der Waals surface area contributed by atoms with Crippen LogP contribution in [0, 0.1) is 5.82 Å². The number of carbonyl (C=O) groups is 1. The number of ether oxygens (including phenoxy) is 1. The van der Waals surface area contributed by atoms with Crippen LogP contribution in [-0.2, 0) is 11.3 Å². The largest absolute Gasteiger partial charge is 0.481 e. The molecule has 4 nitrogen and oxygen atoms in total. The van der Waals surface area contributed by atoms with Crippen LogP contribution in [-0.4, -0.2) is 18.0 Å². The van der Waals surface area contributed by atoms with Crippen molar-refractivity contribution in [1.82, 2.24) is 10.3 Å². The first-order chi connectivity index (χ1) is 12.1. The second-order valence-electron chi connectivity index (χ2n) is 6.44. The highest BCUT2D eigenvalue weighted by molar-refractivity contribution is 5.83. The summed E-state index contributed by atoms with van der Waals surface area (Å²) in [7, 11) is 1.58. The van der Waals surface area contributed by atoms with Crippen molar-refractivity contribution >= 4 is 5.91 Å². The number of carbonyl (C=O) groups excluding carboxylic acids is 1. The van der Waals surface area contributed by atoms with E-state index in [0.29, 0.717) is 30.3 Å². The third kappa shape index (κ3) is 4.16. The van der Waals surface area contributed by atoms with Crippen molar-refractivity contribution in [2.45, 2.75) is 44.6 Å². The van der Waals surface area contributed by atoms with Gasteiger partial charge in [0.1, 0.15) is 5.82 Å². The van der Waals surface area contributed by atoms with Crippen molar-refractivity contribution in [3.8, 4) is 5.88 Å². The van der Waals surface area contributed by atoms with Crippen LogP contribution in [0.15, 0.2) is 36.5 Å². The molecule has 0 spiro atoms. The lowest BCUT2D eigenvalue weighted by Gasteiger charge is -2.16. The Morgan fingerprint density at radius 3 is 2.84 bits per heavy atom. The van der Waals surface area contributed by atoms with Crippen LogP contribution in [0.3, 0.4) is 0 Å². The van der Waals surface area contributed by atoms with Crippen molar-refractivity contribution in [3.63, 3.8) is 0 Å². The van der Waals surface area contributed by atoms with E-state index in [2.05, 4.69) is 16.4 Å². The fourth-order valence-electron chi connectivity index (χ4n) is 3.07. The van der Waals surface area contributed by atoms with Gasteiger partial charge in [0.15, 0.2) is 0 Å². The number of methoxy groups -OCH3 is 1. The molecule has 0 bridgehead atoms. The maximum Gasteiger partial charge on any atom is 0.227 e. The molecule has 1 fully saturated rings. The Kier molecular flexibility index (Phi) is 5.31. The topological polar surface area (TPSA) is 51.2 Å². The third-order valence-electron chi connectivity index (χ3n) is 4.62. The molecule has 1 N–H and O–H groups in total. The van der Waals surface area contributed by atoms with Gasteiger partial charge in [-0.1, -0.05) is 19.1 Å². The zero-order chi connectivity index (χ0) is 17.8. The van der Waals surface area contributed by atoms with E-state index in [-0.39, 0.29) is 17.6 Å². The van der Waals surface area contributed by atoms with E-state index in [1.807, 2.05) is 13.1 Å². The minimum Gasteiger partial charge on any atom is -0.481 e. The highest BCUT2D eigenvalue weighted by Crippen LogP contribution is 2.40. The van der Waals surface area contributed by atoms with Crippen LogP contribution >= 0.6 is 0 Å². The summed E-state index contributed by atoms with van der Waals surface area (Å²) < 4.78 is 18.8. The Bertz CT molecular complexity index is 759. The summed E-state index contributed by atoms with van der Waals surface area (Å²) in [6.07, 6.45) is 4.84. The third-order valence-corrected chi connectivity index (χ3v) is 4.62. The average Bonchev–Trinajstić information content (AvgIpc) is 3.45. The lowest BCUT2D eigenvalue weighted by Crippen LogP contribution is -2.29. The first kappa shape index (κ1) is 17.4. The Balaban J connectivity index is 1.71. The predicted molar refractivity (Wildman–Crippen MR) is 94.0 cm³/mol. The molecular formula is C20H23FN2O2. The molecule has 1 aromatic carbocycles. The van der Waals surface area contributed by atoms with Crippen LogP contribution in [0.1, 0.15) is 54.7 Å². The Morgan fingerprint density at radius 1 is 1.40 bits per heavy atom. The van der Waals surface area contributed by atoms with Gasteiger partial charge in [-0.15, -0.1) is 0 Å². The van der Waals surface area contributed by atoms with Crippen molar-refractivity contribution in [1.29, 1.82) is 0 Å². The van der Waals surface area contributed by atoms with E-state index in [0.717, 1.165) is 5.56 Å². The van der Waals surface area contributed by atoms with Gasteiger partial charge in [-0.3, -0.25) is 4.79 Å². The number of pyridine rings is 1. The normalized spacial score (nSPS) is 14.8. The highest BCUT2D eigenvalue weighted by Gasteiger charge is 2.25. The maximum atomic E-state index is 13.4. The molecule has 0 aliphatic heterocycles. The lowest BCUT2D eigenvalue weighted by atomic mass is 9.95. The number of amides is 1. The van der Waals surface area contributed by atoms with Crippen molar-refractivity contribution < 1.29 is 13.9 Å². The maximum absolute atomic E-state index is 13.4. The quantitative estimate of drug-likeness (QED) is 0.830. The summed E-state index contributed by atoms with van der Waals surface area (Å²) in [4.78, 5) is 16.9. The number of nitrogens with one attached hydrogen (secondary N) is 1. The van der Waals surface area contributed by atoms with Gasteiger partial charge in [0.05, 0.1) is 13.0 Å². The summed E-state index contributed by atoms with van der Waals surface area (Å²) in [5.74, 6) is 0.298. The molecule has 25 heavy (non-hydrogen) atoms. The Labute approximate surface area is 147 Å². The SMILES string of the molecule is CCC(C(=O)NCc1cc(C2CC2)cnc1OC)c1cccc(F)c1. The van der Waals surface area contributed by atoms with Gasteiger partial charge >= 0.3 is 0 Å². The molecule has 132 valence electrons. The molecule has 1 saturated carbocycles. The van der Waals surface area contributed by atoms with Gasteiger partial charge in [0, 0.05) is 18.3 Å². The van der Waals surface area contributed by atoms with E-state index >= 15 is 0 Å². The molecule has 5 heteroatoms. The van der Waals surface area contributed by atoms with Crippen molar-refractivity contribution in [3.05, 3.63) is 59.0 Å². The summed E-state index contributed by atoms with van der Waals surface area (Å²) in [5.41, 5.74) is 2.76. The van der Waals surface area contributed by atoms with Crippen LogP contribution in [0.2, 0.25) is 0 Å². The fourth-order valence-corrected chi connectivity index (χ4v) is 3.07. The van der Waals surface area contributed by atoms with Crippen LogP contribution in [0.4, 0.5) is 4.39 Å². The van der Waals surface area contributed by atoms with Gasteiger partial charge in [0.25, 0.3) is 0 Å². The second-order valence-corrected chi connectivity index (χ2v) is 6.44. The number of hydrogen-bond acceptors (Lipinski definition) is 3. The number of nitrogens with zero attached hydrogens (tertiary/aromatic N) is 1. The minimum absolute atomic E-state index is 0.119. The van der Waals surface area contributed by atoms with Gasteiger partial charge < -0.3 is 10.1 Å². The minimum atomic E-state index is -0.374. The molecule has 1 atom stereocenters. The first-order valence-corrected chi connectivity index (χ1v) is 8.68. The predicted octanol–water partition coefficient (Wildman–Crippen LogP) is 3.92. The number of rotatable bonds is 7. The van der Waals surface area contributed by atoms with Crippen LogP contribution in [0.5, 0.6) is 5.88 Å². The van der Waals surface area contributed by atoms with Crippen molar-refractivity contribution in [2.75, 3.05) is 7.11 Å². The molecule has 3 rings (SSSR count). The van der Waals surface area contributed by atoms with Gasteiger partial charge in [-0.25, -0.2) is 9.37 Å². The molecule has 2 aromatic rings. The van der Waals surface area contributed by atoms with E-state index in [1.54, 1.807) is 19.2 Å². The van der Waals surface area contributed by atoms with Gasteiger partial charge in [-0.05, 0) is 54.5 Å². The molecule has 1 heterocycles. The van der Waals surface area contributed by atoms with Gasteiger partial charge in [0.2, 0.25) is 11.8 Å². The zero-order valence-electron chi connectivity index (χ0n) is 14.6. The number of benzene rings is 1. The first-order valence-electron chi connectivity index (χ1n) is 8.68. The molecule has 1 unspecified atom stereocenters. The molecule has 0 saturated heterocycles. The number of halogens is 1. The highest BCUT2D eigenvalue weighted by atomic mass is 19.1. The van der Waals surface area contributed by atoms with E-state index in [1.165, 1.54) is 30.5 Å². The molecule has 1 amide bonds. The molecular weight excluding hydrogens is 319 g/mol. The average molecular weight is 342 g/mol. The summed E-state index contributed by atoms with van der Waals surface area (Å²) in [5, 5.41) is 2.95. The molecule has 1 aliphatic rings. The molecule has 1 aromatic heterocycles. The molecule has 1 aliphatic carbocycles. The smallest absolute Gasteiger partial charge is 0.227 e. The Morgan fingerprint density at radius 2 is 2.20 bits per heavy atom. The monoisotopic (exact) mass is 342 g/mol. The standard InChI is InChI=1S/C20H23FN2O2/c1-3-18(14-5-4-6-17(21)10-14)19(24)22-12-16-9-15(13-7-8-13)11-23-20(16)25-2/h4-6,9-11,13,18H,3,7-8,12H2,1-2H3,(H,22,24). The number of aromatic nitrogens is 1. The summed E-state index contributed by atoms with van der Waals surface area (Å²) >= 11 is 0. The molecule has 0 radical (unpaired) electrons. The lowest BCUT2D eigenvalue weighted by molar-refractivity contribution is -0.122. The van der Waals surface area contributed by atoms with Crippen LogP contribution < -0.4 is 10.1 Å². The Hall–Kier alpha value is -2.43. The fraction of sp³-hybridized carbons (Fsp3) is 0.400. The van der Waals surface area contributed by atoms with E-state index in [4.69, 9.17) is 4.74 Å². The zero-order valence-corrected chi connectivity index (χ0v) is 14.6.